The average molecular weight is 246 g/mol. The van der Waals surface area contributed by atoms with E-state index in [1.165, 1.54) is 12.2 Å². The fraction of sp³-hybridized carbons (Fsp3) is 0.167. The molecule has 66 valence electrons. The zero-order valence-electron chi connectivity index (χ0n) is 5.59. The molecular weight excluding hydrogens is 242 g/mol. The first-order chi connectivity index (χ1) is 5.54. The summed E-state index contributed by atoms with van der Waals surface area (Å²) in [5.74, 6) is 0. The Kier molecular flexibility index (Phi) is 3.23. The van der Waals surface area contributed by atoms with Gasteiger partial charge in [0.1, 0.15) is 10.2 Å². The van der Waals surface area contributed by atoms with Gasteiger partial charge in [-0.2, -0.15) is 8.42 Å². The maximum atomic E-state index is 10.6. The molecule has 0 saturated carbocycles. The van der Waals surface area contributed by atoms with Crippen molar-refractivity contribution in [1.82, 2.24) is 0 Å². The van der Waals surface area contributed by atoms with Crippen molar-refractivity contribution in [3.05, 3.63) is 22.2 Å². The molecule has 0 N–H and O–H groups in total. The molecule has 6 heteroatoms. The summed E-state index contributed by atoms with van der Waals surface area (Å²) in [7, 11) is -2.42. The van der Waals surface area contributed by atoms with Crippen LogP contribution in [-0.4, -0.2) is 18.7 Å². The summed E-state index contributed by atoms with van der Waals surface area (Å²) in [5.41, 5.74) is 0. The Morgan fingerprint density at radius 1 is 1.25 bits per heavy atom. The van der Waals surface area contributed by atoms with Crippen molar-refractivity contribution in [3.63, 3.8) is 0 Å². The van der Waals surface area contributed by atoms with E-state index >= 15 is 0 Å². The van der Waals surface area contributed by atoms with Crippen molar-refractivity contribution < 1.29 is 8.42 Å². The number of hydrogen-bond acceptors (Lipinski definition) is 2. The van der Waals surface area contributed by atoms with E-state index in [9.17, 15) is 8.42 Å². The van der Waals surface area contributed by atoms with Gasteiger partial charge in [-0.25, -0.2) is 0 Å². The smallest absolute Gasteiger partial charge is 0.184 e. The highest BCUT2D eigenvalue weighted by molar-refractivity contribution is 7.74. The predicted octanol–water partition coefficient (Wildman–Crippen LogP) is 1.90. The van der Waals surface area contributed by atoms with Crippen molar-refractivity contribution in [2.24, 2.45) is 0 Å². The third-order valence-corrected chi connectivity index (χ3v) is 3.57. The number of halogens is 3. The van der Waals surface area contributed by atoms with Crippen LogP contribution in [0, 0.1) is 0 Å². The molecule has 0 radical (unpaired) electrons. The van der Waals surface area contributed by atoms with Gasteiger partial charge < -0.3 is 0 Å². The quantitative estimate of drug-likeness (QED) is 0.482. The Bertz CT molecular complexity index is 383. The van der Waals surface area contributed by atoms with E-state index in [0.29, 0.717) is 0 Å². The molecule has 0 heterocycles. The lowest BCUT2D eigenvalue weighted by Crippen LogP contribution is -2.18. The maximum absolute atomic E-state index is 10.6. The molecule has 1 atom stereocenters. The lowest BCUT2D eigenvalue weighted by atomic mass is 10.2. The highest BCUT2D eigenvalue weighted by atomic mass is 35.5. The van der Waals surface area contributed by atoms with Gasteiger partial charge in [-0.1, -0.05) is 23.2 Å². The number of hydrogen-bond donors (Lipinski definition) is 0. The average Bonchev–Trinajstić information content (AvgIpc) is 1.97. The Labute approximate surface area is 85.9 Å². The van der Waals surface area contributed by atoms with Crippen LogP contribution in [0.1, 0.15) is 0 Å². The molecule has 0 aromatic carbocycles. The summed E-state index contributed by atoms with van der Waals surface area (Å²) in [5, 5.41) is -0.504. The Morgan fingerprint density at radius 2 is 1.83 bits per heavy atom. The molecule has 0 saturated heterocycles. The maximum Gasteiger partial charge on any atom is 0.220 e. The molecule has 12 heavy (non-hydrogen) atoms. The van der Waals surface area contributed by atoms with Crippen molar-refractivity contribution in [2.75, 3.05) is 0 Å². The van der Waals surface area contributed by atoms with Crippen LogP contribution in [0.4, 0.5) is 0 Å². The van der Waals surface area contributed by atoms with Crippen LogP contribution >= 0.6 is 34.8 Å². The molecule has 0 spiro atoms. The molecule has 0 aliphatic heterocycles. The Balaban J connectivity index is 3.34. The van der Waals surface area contributed by atoms with Crippen LogP contribution < -0.4 is 0 Å². The highest BCUT2D eigenvalue weighted by Gasteiger charge is 2.23. The van der Waals surface area contributed by atoms with E-state index in [-0.39, 0.29) is 14.9 Å². The van der Waals surface area contributed by atoms with E-state index in [1.54, 1.807) is 0 Å². The lowest BCUT2D eigenvalue weighted by molar-refractivity contribution is 0.627. The van der Waals surface area contributed by atoms with Gasteiger partial charge >= 0.3 is 0 Å². The molecule has 0 aromatic heterocycles. The van der Waals surface area contributed by atoms with E-state index in [4.69, 9.17) is 34.8 Å². The van der Waals surface area contributed by atoms with E-state index < -0.39 is 15.7 Å². The minimum absolute atomic E-state index is 0.0779. The normalized spacial score (nSPS) is 23.2. The van der Waals surface area contributed by atoms with E-state index in [0.717, 1.165) is 0 Å². The third-order valence-electron chi connectivity index (χ3n) is 1.28. The molecule has 1 rings (SSSR count). The first kappa shape index (κ1) is 10.1. The van der Waals surface area contributed by atoms with Gasteiger partial charge in [-0.3, -0.25) is 0 Å². The molecule has 0 amide bonds. The Hall–Kier alpha value is 0.0400. The summed E-state index contributed by atoms with van der Waals surface area (Å²) in [4.78, 5) is -0.0779. The Morgan fingerprint density at radius 3 is 2.25 bits per heavy atom. The van der Waals surface area contributed by atoms with Gasteiger partial charge in [0.25, 0.3) is 0 Å². The van der Waals surface area contributed by atoms with Gasteiger partial charge in [0.2, 0.25) is 10.3 Å². The zero-order chi connectivity index (χ0) is 9.30. The van der Waals surface area contributed by atoms with Crippen LogP contribution in [0.3, 0.4) is 0 Å². The molecule has 1 unspecified atom stereocenters. The van der Waals surface area contributed by atoms with E-state index in [1.807, 2.05) is 0 Å². The molecule has 1 aliphatic carbocycles. The first-order valence-electron chi connectivity index (χ1n) is 2.87. The monoisotopic (exact) mass is 244 g/mol. The third kappa shape index (κ3) is 1.85. The first-order valence-corrected chi connectivity index (χ1v) is 5.14. The SMILES string of the molecule is O=S(=O)=C1C(Cl)=CC=C(Cl)C1Cl. The van der Waals surface area contributed by atoms with Crippen LogP contribution in [0.2, 0.25) is 0 Å². The lowest BCUT2D eigenvalue weighted by Gasteiger charge is -2.11. The van der Waals surface area contributed by atoms with Crippen LogP contribution in [0.5, 0.6) is 0 Å². The molecular formula is C6H3Cl3O2S. The fourth-order valence-electron chi connectivity index (χ4n) is 0.730. The van der Waals surface area contributed by atoms with Gasteiger partial charge in [0.15, 0.2) is 0 Å². The molecule has 0 fully saturated rings. The van der Waals surface area contributed by atoms with Crippen molar-refractivity contribution in [2.45, 2.75) is 5.38 Å². The molecule has 0 aromatic rings. The number of allylic oxidation sites excluding steroid dienone is 4. The van der Waals surface area contributed by atoms with Crippen molar-refractivity contribution >= 4 is 50.0 Å². The molecule has 2 nitrogen and oxygen atoms in total. The van der Waals surface area contributed by atoms with Crippen LogP contribution in [0.25, 0.3) is 0 Å². The van der Waals surface area contributed by atoms with Gasteiger partial charge in [-0.15, -0.1) is 11.6 Å². The summed E-state index contributed by atoms with van der Waals surface area (Å²) >= 11 is 16.9. The van der Waals surface area contributed by atoms with E-state index in [2.05, 4.69) is 0 Å². The fourth-order valence-corrected chi connectivity index (χ4v) is 2.32. The standard InChI is InChI=1S/C6H3Cl3O2S/c7-3-1-2-4(8)6(5(3)9)12(10)11/h1-2,5H. The summed E-state index contributed by atoms with van der Waals surface area (Å²) in [6.07, 6.45) is 2.87. The minimum Gasteiger partial charge on any atom is -0.184 e. The van der Waals surface area contributed by atoms with Crippen molar-refractivity contribution in [3.8, 4) is 0 Å². The minimum atomic E-state index is -2.42. The molecule has 1 aliphatic rings. The second-order valence-corrected chi connectivity index (χ2v) is 4.22. The largest absolute Gasteiger partial charge is 0.220 e. The summed E-state index contributed by atoms with van der Waals surface area (Å²) < 4.78 is 21.2. The number of rotatable bonds is 0. The second-order valence-electron chi connectivity index (χ2n) is 2.03. The van der Waals surface area contributed by atoms with Crippen LogP contribution in [0.15, 0.2) is 22.2 Å². The van der Waals surface area contributed by atoms with Crippen LogP contribution in [-0.2, 0) is 10.3 Å². The number of alkyl halides is 1. The van der Waals surface area contributed by atoms with Crippen molar-refractivity contribution in [1.29, 1.82) is 0 Å². The topological polar surface area (TPSA) is 34.1 Å². The van der Waals surface area contributed by atoms with Gasteiger partial charge in [-0.05, 0) is 12.2 Å². The van der Waals surface area contributed by atoms with Gasteiger partial charge in [0.05, 0.1) is 5.03 Å². The summed E-state index contributed by atoms with van der Waals surface area (Å²) in [6, 6.07) is 0. The zero-order valence-corrected chi connectivity index (χ0v) is 8.67. The van der Waals surface area contributed by atoms with Gasteiger partial charge in [0, 0.05) is 5.03 Å². The second kappa shape index (κ2) is 3.83. The molecule has 0 bridgehead atoms. The summed E-state index contributed by atoms with van der Waals surface area (Å²) in [6.45, 7) is 0. The highest BCUT2D eigenvalue weighted by Crippen LogP contribution is 2.25. The predicted molar refractivity (Wildman–Crippen MR) is 51.4 cm³/mol.